The first-order valence-electron chi connectivity index (χ1n) is 9.36. The number of carbonyl (C=O) groups is 2. The van der Waals surface area contributed by atoms with Crippen LogP contribution in [0.3, 0.4) is 0 Å². The molecule has 0 saturated heterocycles. The molecule has 0 aromatic heterocycles. The number of ketones is 1. The van der Waals surface area contributed by atoms with Crippen molar-refractivity contribution in [2.24, 2.45) is 0 Å². The highest BCUT2D eigenvalue weighted by Gasteiger charge is 2.28. The molecule has 0 amide bonds. The lowest BCUT2D eigenvalue weighted by atomic mass is 10.1. The van der Waals surface area contributed by atoms with Gasteiger partial charge < -0.3 is 14.2 Å². The molecule has 2 aromatic carbocycles. The molecule has 2 aromatic rings. The molecule has 0 N–H and O–H groups in total. The number of fused-ring (bicyclic) bond motifs is 1. The number of rotatable bonds is 8. The smallest absolute Gasteiger partial charge is 0.338 e. The van der Waals surface area contributed by atoms with Gasteiger partial charge in [-0.1, -0.05) is 0 Å². The zero-order valence-corrected chi connectivity index (χ0v) is 17.8. The lowest BCUT2D eigenvalue weighted by molar-refractivity contribution is 0.0474. The molecule has 0 unspecified atom stereocenters. The minimum atomic E-state index is -3.35. The number of hydrogen-bond acceptors (Lipinski definition) is 7. The lowest BCUT2D eigenvalue weighted by Crippen LogP contribution is -2.30. The highest BCUT2D eigenvalue weighted by molar-refractivity contribution is 7.92. The molecule has 0 spiro atoms. The molecule has 1 aliphatic heterocycles. The van der Waals surface area contributed by atoms with E-state index in [9.17, 15) is 18.0 Å². The van der Waals surface area contributed by atoms with Crippen LogP contribution in [0.15, 0.2) is 36.4 Å². The maximum atomic E-state index is 12.5. The van der Waals surface area contributed by atoms with E-state index in [2.05, 4.69) is 0 Å². The summed E-state index contributed by atoms with van der Waals surface area (Å²) < 4.78 is 41.1. The Morgan fingerprint density at radius 3 is 2.37 bits per heavy atom. The van der Waals surface area contributed by atoms with E-state index >= 15 is 0 Å². The normalized spacial score (nSPS) is 13.0. The summed E-state index contributed by atoms with van der Waals surface area (Å²) >= 11 is 0. The lowest BCUT2D eigenvalue weighted by Gasteiger charge is -2.18. The van der Waals surface area contributed by atoms with Crippen molar-refractivity contribution in [1.82, 2.24) is 0 Å². The van der Waals surface area contributed by atoms with Crippen molar-refractivity contribution in [3.63, 3.8) is 0 Å². The van der Waals surface area contributed by atoms with E-state index in [4.69, 9.17) is 14.2 Å². The maximum absolute atomic E-state index is 12.5. The first-order valence-corrected chi connectivity index (χ1v) is 11.0. The van der Waals surface area contributed by atoms with Gasteiger partial charge in [-0.2, -0.15) is 0 Å². The molecule has 0 aliphatic carbocycles. The number of methoxy groups -OCH3 is 2. The average molecular weight is 433 g/mol. The fourth-order valence-corrected chi connectivity index (χ4v) is 4.41. The molecule has 0 fully saturated rings. The summed E-state index contributed by atoms with van der Waals surface area (Å²) in [5.41, 5.74) is 1.97. The Morgan fingerprint density at radius 2 is 1.70 bits per heavy atom. The van der Waals surface area contributed by atoms with Crippen molar-refractivity contribution in [3.05, 3.63) is 53.1 Å². The van der Waals surface area contributed by atoms with Crippen LogP contribution in [0.4, 0.5) is 5.69 Å². The van der Waals surface area contributed by atoms with E-state index in [1.54, 1.807) is 31.2 Å². The minimum Gasteiger partial charge on any atom is -0.493 e. The van der Waals surface area contributed by atoms with Crippen LogP contribution in [0.5, 0.6) is 11.5 Å². The first-order chi connectivity index (χ1) is 14.3. The highest BCUT2D eigenvalue weighted by Crippen LogP contribution is 2.31. The van der Waals surface area contributed by atoms with E-state index in [0.717, 1.165) is 5.56 Å². The molecule has 3 rings (SSSR count). The van der Waals surface area contributed by atoms with Crippen LogP contribution < -0.4 is 13.8 Å². The van der Waals surface area contributed by atoms with Crippen molar-refractivity contribution in [2.75, 3.05) is 37.4 Å². The molecule has 0 bridgehead atoms. The Kier molecular flexibility index (Phi) is 6.31. The second-order valence-corrected chi connectivity index (χ2v) is 8.82. The van der Waals surface area contributed by atoms with E-state index in [-0.39, 0.29) is 17.1 Å². The van der Waals surface area contributed by atoms with Crippen LogP contribution in [0.2, 0.25) is 0 Å². The van der Waals surface area contributed by atoms with Crippen LogP contribution in [0, 0.1) is 0 Å². The fraction of sp³-hybridized carbons (Fsp3) is 0.333. The topological polar surface area (TPSA) is 99.2 Å². The van der Waals surface area contributed by atoms with Gasteiger partial charge in [-0.15, -0.1) is 0 Å². The highest BCUT2D eigenvalue weighted by atomic mass is 32.2. The summed E-state index contributed by atoms with van der Waals surface area (Å²) in [4.78, 5) is 24.8. The summed E-state index contributed by atoms with van der Waals surface area (Å²) in [5, 5.41) is 0. The summed E-state index contributed by atoms with van der Waals surface area (Å²) in [6.45, 7) is 1.53. The molecule has 30 heavy (non-hydrogen) atoms. The van der Waals surface area contributed by atoms with Crippen LogP contribution in [0.25, 0.3) is 0 Å². The van der Waals surface area contributed by atoms with E-state index in [0.29, 0.717) is 35.7 Å². The van der Waals surface area contributed by atoms with Gasteiger partial charge in [0.1, 0.15) is 0 Å². The van der Waals surface area contributed by atoms with Crippen LogP contribution >= 0.6 is 0 Å². The van der Waals surface area contributed by atoms with Gasteiger partial charge in [0.15, 0.2) is 23.9 Å². The van der Waals surface area contributed by atoms with Crippen molar-refractivity contribution < 1.29 is 32.2 Å². The Labute approximate surface area is 175 Å². The third kappa shape index (κ3) is 4.25. The quantitative estimate of drug-likeness (QED) is 0.466. The third-order valence-electron chi connectivity index (χ3n) is 4.91. The van der Waals surface area contributed by atoms with Gasteiger partial charge in [-0.25, -0.2) is 13.2 Å². The number of benzene rings is 2. The summed E-state index contributed by atoms with van der Waals surface area (Å²) in [5.74, 6) is -0.167. The second kappa shape index (κ2) is 8.74. The number of ether oxygens (including phenoxy) is 3. The third-order valence-corrected chi connectivity index (χ3v) is 6.69. The Morgan fingerprint density at radius 1 is 1.00 bits per heavy atom. The minimum absolute atomic E-state index is 0.0131. The maximum Gasteiger partial charge on any atom is 0.338 e. The van der Waals surface area contributed by atoms with Crippen molar-refractivity contribution in [2.45, 2.75) is 13.3 Å². The number of nitrogens with zero attached hydrogens (tertiary/aromatic N) is 1. The molecule has 9 heteroatoms. The first kappa shape index (κ1) is 21.6. The zero-order valence-electron chi connectivity index (χ0n) is 17.0. The molecule has 0 atom stereocenters. The van der Waals surface area contributed by atoms with E-state index < -0.39 is 22.6 Å². The van der Waals surface area contributed by atoms with Crippen LogP contribution in [-0.2, 0) is 21.2 Å². The summed E-state index contributed by atoms with van der Waals surface area (Å²) in [7, 11) is -0.404. The Hall–Kier alpha value is -3.07. The molecular formula is C21H23NO7S. The monoisotopic (exact) mass is 433 g/mol. The van der Waals surface area contributed by atoms with Crippen molar-refractivity contribution >= 4 is 27.5 Å². The van der Waals surface area contributed by atoms with Crippen LogP contribution in [-0.4, -0.2) is 53.3 Å². The Balaban J connectivity index is 1.68. The zero-order chi connectivity index (χ0) is 21.9. The fourth-order valence-electron chi connectivity index (χ4n) is 3.25. The van der Waals surface area contributed by atoms with Gasteiger partial charge in [0.25, 0.3) is 0 Å². The van der Waals surface area contributed by atoms with Gasteiger partial charge in [-0.05, 0) is 55.3 Å². The van der Waals surface area contributed by atoms with Crippen molar-refractivity contribution in [1.29, 1.82) is 0 Å². The number of hydrogen-bond donors (Lipinski definition) is 0. The molecule has 1 aliphatic rings. The predicted octanol–water partition coefficient (Wildman–Crippen LogP) is 2.46. The number of esters is 1. The van der Waals surface area contributed by atoms with Gasteiger partial charge in [0, 0.05) is 12.1 Å². The molecule has 0 saturated carbocycles. The second-order valence-electron chi connectivity index (χ2n) is 6.64. The summed E-state index contributed by atoms with van der Waals surface area (Å²) in [6.07, 6.45) is 0.529. The van der Waals surface area contributed by atoms with E-state index in [1.807, 2.05) is 0 Å². The molecular weight excluding hydrogens is 410 g/mol. The van der Waals surface area contributed by atoms with Crippen molar-refractivity contribution in [3.8, 4) is 11.5 Å². The van der Waals surface area contributed by atoms with Gasteiger partial charge in [0.05, 0.1) is 31.2 Å². The number of sulfonamides is 1. The van der Waals surface area contributed by atoms with Crippen LogP contribution in [0.1, 0.15) is 33.2 Å². The standard InChI is InChI=1S/C21H23NO7S/c1-4-30(25,26)22-10-9-14-11-15(5-7-17(14)22)18(23)13-29-21(24)16-6-8-19(27-2)20(12-16)28-3/h5-8,11-12H,4,9-10,13H2,1-3H3. The SMILES string of the molecule is CCS(=O)(=O)N1CCc2cc(C(=O)COC(=O)c3ccc(OC)c(OC)c3)ccc21. The van der Waals surface area contributed by atoms with Gasteiger partial charge >= 0.3 is 5.97 Å². The molecule has 160 valence electrons. The predicted molar refractivity (Wildman–Crippen MR) is 111 cm³/mol. The molecule has 0 radical (unpaired) electrons. The average Bonchev–Trinajstić information content (AvgIpc) is 3.20. The number of anilines is 1. The molecule has 1 heterocycles. The number of carbonyl (C=O) groups excluding carboxylic acids is 2. The largest absolute Gasteiger partial charge is 0.493 e. The Bertz CT molecular complexity index is 1080. The molecule has 8 nitrogen and oxygen atoms in total. The number of Topliss-reactive ketones (excluding diaryl/α,β-unsaturated/α-hetero) is 1. The van der Waals surface area contributed by atoms with Gasteiger partial charge in [-0.3, -0.25) is 9.10 Å². The summed E-state index contributed by atoms with van der Waals surface area (Å²) in [6, 6.07) is 9.41. The van der Waals surface area contributed by atoms with E-state index in [1.165, 1.54) is 30.7 Å². The van der Waals surface area contributed by atoms with Gasteiger partial charge in [0.2, 0.25) is 10.0 Å².